The van der Waals surface area contributed by atoms with E-state index in [1.807, 2.05) is 30.0 Å². The molecule has 0 fully saturated rings. The molecule has 1 aromatic carbocycles. The molecule has 3 heterocycles. The molecule has 0 saturated heterocycles. The van der Waals surface area contributed by atoms with E-state index in [1.54, 1.807) is 0 Å². The number of aromatic nitrogens is 4. The molecule has 3 aromatic heterocycles. The van der Waals surface area contributed by atoms with Crippen LogP contribution in [-0.4, -0.2) is 24.6 Å². The molecule has 33 heavy (non-hydrogen) atoms. The zero-order valence-corrected chi connectivity index (χ0v) is 20.9. The lowest BCUT2D eigenvalue weighted by molar-refractivity contribution is 0.123. The van der Waals surface area contributed by atoms with Crippen molar-refractivity contribution in [3.8, 4) is 17.1 Å². The van der Waals surface area contributed by atoms with Crippen LogP contribution in [0.5, 0.6) is 0 Å². The monoisotopic (exact) mass is 462 g/mol. The van der Waals surface area contributed by atoms with Gasteiger partial charge in [-0.1, -0.05) is 45.9 Å². The SMILES string of the molecule is CCc1cc(-n2cc(C(O)CC(C)(C)C)c3cc(-c4c(C)cccc4C)ncc32)nc(Cl)n1. The Morgan fingerprint density at radius 1 is 1.09 bits per heavy atom. The van der Waals surface area contributed by atoms with Crippen molar-refractivity contribution in [3.63, 3.8) is 0 Å². The van der Waals surface area contributed by atoms with Crippen molar-refractivity contribution in [1.29, 1.82) is 0 Å². The number of benzene rings is 1. The zero-order valence-electron chi connectivity index (χ0n) is 20.1. The normalized spacial score (nSPS) is 13.0. The topological polar surface area (TPSA) is 63.8 Å². The predicted molar refractivity (Wildman–Crippen MR) is 135 cm³/mol. The van der Waals surface area contributed by atoms with E-state index in [0.29, 0.717) is 12.2 Å². The summed E-state index contributed by atoms with van der Waals surface area (Å²) < 4.78 is 1.96. The maximum absolute atomic E-state index is 11.2. The Kier molecular flexibility index (Phi) is 6.30. The Balaban J connectivity index is 1.96. The average Bonchev–Trinajstić information content (AvgIpc) is 3.11. The molecule has 4 aromatic rings. The zero-order chi connectivity index (χ0) is 23.9. The molecule has 0 aliphatic rings. The molecule has 1 atom stereocenters. The Bertz CT molecular complexity index is 1300. The number of aryl methyl sites for hydroxylation is 3. The molecular formula is C27H31ClN4O. The van der Waals surface area contributed by atoms with Crippen LogP contribution in [0.25, 0.3) is 28.0 Å². The highest BCUT2D eigenvalue weighted by Gasteiger charge is 2.24. The number of rotatable bonds is 5. The lowest BCUT2D eigenvalue weighted by atomic mass is 9.87. The standard InChI is InChI=1S/C27H31ClN4O/c1-7-18-11-24(31-26(28)30-18)32-15-20(23(33)13-27(4,5)6)19-12-21(29-14-22(19)32)25-16(2)9-8-10-17(25)3/h8-12,14-15,23,33H,7,13H2,1-6H3. The van der Waals surface area contributed by atoms with Gasteiger partial charge >= 0.3 is 0 Å². The molecule has 0 saturated carbocycles. The average molecular weight is 463 g/mol. The molecule has 5 nitrogen and oxygen atoms in total. The van der Waals surface area contributed by atoms with E-state index in [1.165, 1.54) is 11.1 Å². The number of halogens is 1. The molecule has 6 heteroatoms. The van der Waals surface area contributed by atoms with Crippen LogP contribution >= 0.6 is 11.6 Å². The van der Waals surface area contributed by atoms with E-state index >= 15 is 0 Å². The minimum atomic E-state index is -0.620. The van der Waals surface area contributed by atoms with Crippen molar-refractivity contribution in [2.45, 2.75) is 60.5 Å². The van der Waals surface area contributed by atoms with Crippen LogP contribution in [-0.2, 0) is 6.42 Å². The van der Waals surface area contributed by atoms with E-state index < -0.39 is 6.10 Å². The summed E-state index contributed by atoms with van der Waals surface area (Å²) in [5, 5.41) is 12.4. The Morgan fingerprint density at radius 3 is 2.42 bits per heavy atom. The number of hydrogen-bond donors (Lipinski definition) is 1. The predicted octanol–water partition coefficient (Wildman–Crippen LogP) is 6.78. The highest BCUT2D eigenvalue weighted by molar-refractivity contribution is 6.28. The van der Waals surface area contributed by atoms with Crippen LogP contribution in [0.4, 0.5) is 0 Å². The van der Waals surface area contributed by atoms with Crippen molar-refractivity contribution in [2.24, 2.45) is 5.41 Å². The smallest absolute Gasteiger partial charge is 0.224 e. The largest absolute Gasteiger partial charge is 0.388 e. The van der Waals surface area contributed by atoms with Gasteiger partial charge in [0.15, 0.2) is 0 Å². The second kappa shape index (κ2) is 8.88. The minimum Gasteiger partial charge on any atom is -0.388 e. The molecule has 172 valence electrons. The Labute approximate surface area is 200 Å². The maximum atomic E-state index is 11.2. The van der Waals surface area contributed by atoms with Crippen LogP contribution in [0.2, 0.25) is 5.28 Å². The summed E-state index contributed by atoms with van der Waals surface area (Å²) in [4.78, 5) is 13.6. The molecule has 0 amide bonds. The van der Waals surface area contributed by atoms with Gasteiger partial charge in [0.1, 0.15) is 5.82 Å². The number of pyridine rings is 1. The second-order valence-corrected chi connectivity index (χ2v) is 10.3. The number of nitrogens with zero attached hydrogens (tertiary/aromatic N) is 4. The molecular weight excluding hydrogens is 432 g/mol. The van der Waals surface area contributed by atoms with Crippen molar-refractivity contribution >= 4 is 22.5 Å². The van der Waals surface area contributed by atoms with E-state index in [-0.39, 0.29) is 10.7 Å². The molecule has 0 spiro atoms. The van der Waals surface area contributed by atoms with E-state index in [0.717, 1.165) is 39.8 Å². The third kappa shape index (κ3) is 4.80. The number of fused-ring (bicyclic) bond motifs is 1. The van der Waals surface area contributed by atoms with Crippen molar-refractivity contribution in [3.05, 3.63) is 70.4 Å². The molecule has 0 aliphatic carbocycles. The van der Waals surface area contributed by atoms with Crippen LogP contribution in [0, 0.1) is 19.3 Å². The van der Waals surface area contributed by atoms with Gasteiger partial charge in [-0.2, -0.15) is 4.98 Å². The highest BCUT2D eigenvalue weighted by atomic mass is 35.5. The first-order valence-corrected chi connectivity index (χ1v) is 11.7. The first-order valence-electron chi connectivity index (χ1n) is 11.4. The van der Waals surface area contributed by atoms with Gasteiger partial charge in [0.2, 0.25) is 5.28 Å². The first kappa shape index (κ1) is 23.4. The van der Waals surface area contributed by atoms with Gasteiger partial charge in [0.05, 0.1) is 23.5 Å². The molecule has 1 N–H and O–H groups in total. The van der Waals surface area contributed by atoms with Gasteiger partial charge in [-0.05, 0) is 60.9 Å². The van der Waals surface area contributed by atoms with Gasteiger partial charge < -0.3 is 5.11 Å². The van der Waals surface area contributed by atoms with Gasteiger partial charge in [0.25, 0.3) is 0 Å². The van der Waals surface area contributed by atoms with Crippen molar-refractivity contribution < 1.29 is 5.11 Å². The van der Waals surface area contributed by atoms with Gasteiger partial charge in [0, 0.05) is 34.5 Å². The third-order valence-electron chi connectivity index (χ3n) is 5.97. The number of hydrogen-bond acceptors (Lipinski definition) is 4. The Morgan fingerprint density at radius 2 is 1.79 bits per heavy atom. The van der Waals surface area contributed by atoms with E-state index in [9.17, 15) is 5.11 Å². The third-order valence-corrected chi connectivity index (χ3v) is 6.14. The van der Waals surface area contributed by atoms with Crippen LogP contribution in [0.15, 0.2) is 42.7 Å². The summed E-state index contributed by atoms with van der Waals surface area (Å²) in [6.45, 7) is 12.6. The van der Waals surface area contributed by atoms with E-state index in [4.69, 9.17) is 16.6 Å². The van der Waals surface area contributed by atoms with Gasteiger partial charge in [-0.15, -0.1) is 0 Å². The van der Waals surface area contributed by atoms with Crippen LogP contribution in [0.1, 0.15) is 62.6 Å². The van der Waals surface area contributed by atoms with Crippen LogP contribution < -0.4 is 0 Å². The molecule has 0 aliphatic heterocycles. The highest BCUT2D eigenvalue weighted by Crippen LogP contribution is 2.37. The fourth-order valence-corrected chi connectivity index (χ4v) is 4.60. The fourth-order valence-electron chi connectivity index (χ4n) is 4.41. The minimum absolute atomic E-state index is 0.0239. The molecule has 1 unspecified atom stereocenters. The summed E-state index contributed by atoms with van der Waals surface area (Å²) >= 11 is 6.23. The quantitative estimate of drug-likeness (QED) is 0.332. The second-order valence-electron chi connectivity index (χ2n) is 9.93. The number of aliphatic hydroxyl groups is 1. The summed E-state index contributed by atoms with van der Waals surface area (Å²) in [5.74, 6) is 0.674. The van der Waals surface area contributed by atoms with Gasteiger partial charge in [-0.3, -0.25) is 9.55 Å². The summed E-state index contributed by atoms with van der Waals surface area (Å²) in [5.41, 5.74) is 6.96. The van der Waals surface area contributed by atoms with Crippen molar-refractivity contribution in [2.75, 3.05) is 0 Å². The summed E-state index contributed by atoms with van der Waals surface area (Å²) in [6, 6.07) is 10.3. The molecule has 4 rings (SSSR count). The van der Waals surface area contributed by atoms with Crippen LogP contribution in [0.3, 0.4) is 0 Å². The van der Waals surface area contributed by atoms with Gasteiger partial charge in [-0.25, -0.2) is 4.98 Å². The van der Waals surface area contributed by atoms with Crippen molar-refractivity contribution in [1.82, 2.24) is 19.5 Å². The lowest BCUT2D eigenvalue weighted by Crippen LogP contribution is -2.11. The lowest BCUT2D eigenvalue weighted by Gasteiger charge is -2.22. The summed E-state index contributed by atoms with van der Waals surface area (Å²) in [6.07, 6.45) is 4.60. The van der Waals surface area contributed by atoms with E-state index in [2.05, 4.69) is 68.9 Å². The molecule has 0 radical (unpaired) electrons. The first-order chi connectivity index (χ1) is 15.6. The fraction of sp³-hybridized carbons (Fsp3) is 0.370. The number of aliphatic hydroxyl groups excluding tert-OH is 1. The maximum Gasteiger partial charge on any atom is 0.224 e. The molecule has 0 bridgehead atoms. The summed E-state index contributed by atoms with van der Waals surface area (Å²) in [7, 11) is 0. The Hall–Kier alpha value is -2.76.